The molecule has 0 aliphatic heterocycles. The normalized spacial score (nSPS) is 12.9. The Kier molecular flexibility index (Phi) is 6.41. The summed E-state index contributed by atoms with van der Waals surface area (Å²) in [7, 11) is -3.16. The van der Waals surface area contributed by atoms with Gasteiger partial charge in [-0.3, -0.25) is 0 Å². The molecule has 4 heteroatoms. The summed E-state index contributed by atoms with van der Waals surface area (Å²) in [5.74, 6) is 0.791. The highest BCUT2D eigenvalue weighted by molar-refractivity contribution is 7.91. The Balaban J connectivity index is 2.58. The van der Waals surface area contributed by atoms with Gasteiger partial charge < -0.3 is 5.32 Å². The second-order valence-corrected chi connectivity index (χ2v) is 9.15. The van der Waals surface area contributed by atoms with E-state index in [0.29, 0.717) is 17.2 Å². The van der Waals surface area contributed by atoms with Crippen LogP contribution in [0, 0.1) is 5.92 Å². The van der Waals surface area contributed by atoms with Crippen molar-refractivity contribution in [1.29, 1.82) is 0 Å². The van der Waals surface area contributed by atoms with Crippen LogP contribution >= 0.6 is 0 Å². The molecular weight excluding hydrogens is 282 g/mol. The van der Waals surface area contributed by atoms with Gasteiger partial charge in [0.2, 0.25) is 0 Å². The standard InChI is InChI=1S/C17H29NO2S/c1-14(2)13-18-11-6-12-21(19,20)16-9-7-15(8-10-16)17(3,4)5/h7-10,14,18H,6,11-13H2,1-5H3. The smallest absolute Gasteiger partial charge is 0.178 e. The highest BCUT2D eigenvalue weighted by Crippen LogP contribution is 2.23. The molecule has 0 radical (unpaired) electrons. The van der Waals surface area contributed by atoms with Crippen LogP contribution in [0.5, 0.6) is 0 Å². The summed E-state index contributed by atoms with van der Waals surface area (Å²) in [5.41, 5.74) is 1.20. The first-order valence-corrected chi connectivity index (χ1v) is 9.32. The van der Waals surface area contributed by atoms with E-state index in [-0.39, 0.29) is 11.2 Å². The molecule has 0 bridgehead atoms. The quantitative estimate of drug-likeness (QED) is 0.785. The average molecular weight is 311 g/mol. The van der Waals surface area contributed by atoms with Gasteiger partial charge in [-0.1, -0.05) is 46.8 Å². The highest BCUT2D eigenvalue weighted by Gasteiger charge is 2.17. The van der Waals surface area contributed by atoms with Gasteiger partial charge in [0.25, 0.3) is 0 Å². The molecule has 0 atom stereocenters. The summed E-state index contributed by atoms with van der Waals surface area (Å²) in [4.78, 5) is 0.430. The van der Waals surface area contributed by atoms with Crippen molar-refractivity contribution < 1.29 is 8.42 Å². The first kappa shape index (κ1) is 18.2. The van der Waals surface area contributed by atoms with E-state index in [1.54, 1.807) is 12.1 Å². The fraction of sp³-hybridized carbons (Fsp3) is 0.647. The predicted octanol–water partition coefficient (Wildman–Crippen LogP) is 3.39. The minimum Gasteiger partial charge on any atom is -0.316 e. The molecule has 1 N–H and O–H groups in total. The van der Waals surface area contributed by atoms with Gasteiger partial charge in [-0.2, -0.15) is 0 Å². The number of sulfone groups is 1. The van der Waals surface area contributed by atoms with Crippen LogP contribution in [0.25, 0.3) is 0 Å². The first-order chi connectivity index (χ1) is 9.63. The molecule has 1 aromatic carbocycles. The van der Waals surface area contributed by atoms with Crippen molar-refractivity contribution in [3.8, 4) is 0 Å². The van der Waals surface area contributed by atoms with Gasteiger partial charge in [-0.15, -0.1) is 0 Å². The summed E-state index contributed by atoms with van der Waals surface area (Å²) in [6.45, 7) is 12.3. The fourth-order valence-electron chi connectivity index (χ4n) is 2.06. The van der Waals surface area contributed by atoms with Gasteiger partial charge in [-0.25, -0.2) is 8.42 Å². The minimum atomic E-state index is -3.16. The highest BCUT2D eigenvalue weighted by atomic mass is 32.2. The second-order valence-electron chi connectivity index (χ2n) is 7.04. The molecule has 0 fully saturated rings. The van der Waals surface area contributed by atoms with E-state index in [2.05, 4.69) is 39.9 Å². The Morgan fingerprint density at radius 1 is 1.10 bits per heavy atom. The zero-order chi connectivity index (χ0) is 16.1. The maximum absolute atomic E-state index is 12.3. The van der Waals surface area contributed by atoms with Crippen molar-refractivity contribution in [2.24, 2.45) is 5.92 Å². The number of benzene rings is 1. The molecule has 0 aliphatic carbocycles. The zero-order valence-corrected chi connectivity index (χ0v) is 14.8. The lowest BCUT2D eigenvalue weighted by atomic mass is 9.87. The molecule has 0 amide bonds. The summed E-state index contributed by atoms with van der Waals surface area (Å²) in [6, 6.07) is 7.31. The summed E-state index contributed by atoms with van der Waals surface area (Å²) < 4.78 is 24.5. The number of rotatable bonds is 7. The Morgan fingerprint density at radius 3 is 2.14 bits per heavy atom. The van der Waals surface area contributed by atoms with Crippen LogP contribution in [-0.4, -0.2) is 27.3 Å². The molecule has 0 unspecified atom stereocenters. The number of nitrogens with one attached hydrogen (secondary N) is 1. The van der Waals surface area contributed by atoms with Crippen LogP contribution in [0.15, 0.2) is 29.2 Å². The molecular formula is C17H29NO2S. The zero-order valence-electron chi connectivity index (χ0n) is 13.9. The fourth-order valence-corrected chi connectivity index (χ4v) is 3.37. The maximum Gasteiger partial charge on any atom is 0.178 e. The molecule has 0 saturated carbocycles. The SMILES string of the molecule is CC(C)CNCCCS(=O)(=O)c1ccc(C(C)(C)C)cc1. The van der Waals surface area contributed by atoms with Gasteiger partial charge in [-0.05, 0) is 48.5 Å². The van der Waals surface area contributed by atoms with Gasteiger partial charge >= 0.3 is 0 Å². The van der Waals surface area contributed by atoms with Crippen molar-refractivity contribution in [2.75, 3.05) is 18.8 Å². The van der Waals surface area contributed by atoms with Gasteiger partial charge in [0.05, 0.1) is 10.6 Å². The lowest BCUT2D eigenvalue weighted by Gasteiger charge is -2.19. The Hall–Kier alpha value is -0.870. The van der Waals surface area contributed by atoms with E-state index in [9.17, 15) is 8.42 Å². The van der Waals surface area contributed by atoms with Crippen molar-refractivity contribution >= 4 is 9.84 Å². The third-order valence-corrected chi connectivity index (χ3v) is 5.22. The van der Waals surface area contributed by atoms with Crippen LogP contribution < -0.4 is 5.32 Å². The van der Waals surface area contributed by atoms with Crippen molar-refractivity contribution in [3.63, 3.8) is 0 Å². The third kappa shape index (κ3) is 6.18. The number of hydrogen-bond acceptors (Lipinski definition) is 3. The molecule has 0 heterocycles. The van der Waals surface area contributed by atoms with E-state index in [1.165, 1.54) is 0 Å². The van der Waals surface area contributed by atoms with Crippen molar-refractivity contribution in [1.82, 2.24) is 5.32 Å². The van der Waals surface area contributed by atoms with E-state index < -0.39 is 9.84 Å². The Morgan fingerprint density at radius 2 is 1.67 bits per heavy atom. The van der Waals surface area contributed by atoms with Gasteiger partial charge in [0, 0.05) is 0 Å². The second kappa shape index (κ2) is 7.41. The molecule has 0 spiro atoms. The monoisotopic (exact) mass is 311 g/mol. The largest absolute Gasteiger partial charge is 0.316 e. The van der Waals surface area contributed by atoms with E-state index in [4.69, 9.17) is 0 Å². The van der Waals surface area contributed by atoms with E-state index in [1.807, 2.05) is 12.1 Å². The van der Waals surface area contributed by atoms with E-state index in [0.717, 1.165) is 18.7 Å². The lowest BCUT2D eigenvalue weighted by molar-refractivity contribution is 0.546. The van der Waals surface area contributed by atoms with Crippen LogP contribution in [0.2, 0.25) is 0 Å². The van der Waals surface area contributed by atoms with E-state index >= 15 is 0 Å². The molecule has 1 aromatic rings. The molecule has 1 rings (SSSR count). The predicted molar refractivity (Wildman–Crippen MR) is 89.5 cm³/mol. The molecule has 0 aromatic heterocycles. The lowest BCUT2D eigenvalue weighted by Crippen LogP contribution is -2.22. The van der Waals surface area contributed by atoms with Crippen LogP contribution in [0.3, 0.4) is 0 Å². The molecule has 3 nitrogen and oxygen atoms in total. The molecule has 120 valence electrons. The molecule has 0 aliphatic rings. The van der Waals surface area contributed by atoms with Crippen LogP contribution in [0.1, 0.15) is 46.6 Å². The molecule has 21 heavy (non-hydrogen) atoms. The van der Waals surface area contributed by atoms with Gasteiger partial charge in [0.1, 0.15) is 0 Å². The average Bonchev–Trinajstić information content (AvgIpc) is 2.37. The van der Waals surface area contributed by atoms with Crippen molar-refractivity contribution in [3.05, 3.63) is 29.8 Å². The van der Waals surface area contributed by atoms with Crippen LogP contribution in [-0.2, 0) is 15.3 Å². The van der Waals surface area contributed by atoms with Crippen LogP contribution in [0.4, 0.5) is 0 Å². The topological polar surface area (TPSA) is 46.2 Å². The summed E-state index contributed by atoms with van der Waals surface area (Å²) in [5, 5.41) is 3.27. The number of hydrogen-bond donors (Lipinski definition) is 1. The summed E-state index contributed by atoms with van der Waals surface area (Å²) in [6.07, 6.45) is 0.649. The molecule has 0 saturated heterocycles. The van der Waals surface area contributed by atoms with Gasteiger partial charge in [0.15, 0.2) is 9.84 Å². The Bertz CT molecular complexity index is 525. The Labute approximate surface area is 130 Å². The first-order valence-electron chi connectivity index (χ1n) is 7.67. The minimum absolute atomic E-state index is 0.0447. The summed E-state index contributed by atoms with van der Waals surface area (Å²) >= 11 is 0. The maximum atomic E-state index is 12.3. The van der Waals surface area contributed by atoms with Crippen molar-refractivity contribution in [2.45, 2.75) is 51.3 Å². The third-order valence-electron chi connectivity index (χ3n) is 3.40.